The number of fused-ring (bicyclic) bond motifs is 2. The Morgan fingerprint density at radius 2 is 2.19 bits per heavy atom. The van der Waals surface area contributed by atoms with E-state index in [9.17, 15) is 4.39 Å². The summed E-state index contributed by atoms with van der Waals surface area (Å²) in [6.07, 6.45) is 3.73. The average molecular weight is 241 g/mol. The van der Waals surface area contributed by atoms with Gasteiger partial charge in [-0.2, -0.15) is 0 Å². The normalized spacial score (nSPS) is 27.8. The van der Waals surface area contributed by atoms with E-state index in [2.05, 4.69) is 4.90 Å². The van der Waals surface area contributed by atoms with Gasteiger partial charge in [0.1, 0.15) is 5.82 Å². The minimum absolute atomic E-state index is 0.102. The van der Waals surface area contributed by atoms with Crippen LogP contribution in [-0.2, 0) is 0 Å². The topological polar surface area (TPSA) is 29.3 Å². The lowest BCUT2D eigenvalue weighted by atomic mass is 10.1. The Hall–Kier alpha value is -0.960. The number of nitrogen functional groups attached to an aromatic ring is 1. The molecule has 1 aliphatic carbocycles. The molecule has 1 saturated carbocycles. The summed E-state index contributed by atoms with van der Waals surface area (Å²) in [5.41, 5.74) is 7.31. The zero-order chi connectivity index (χ0) is 11.3. The smallest absolute Gasteiger partial charge is 0.144 e. The Morgan fingerprint density at radius 3 is 2.81 bits per heavy atom. The second-order valence-corrected chi connectivity index (χ2v) is 5.22. The highest BCUT2D eigenvalue weighted by molar-refractivity contribution is 6.31. The average Bonchev–Trinajstić information content (AvgIpc) is 2.84. The molecule has 1 heterocycles. The molecular weight excluding hydrogens is 227 g/mol. The van der Waals surface area contributed by atoms with Crippen LogP contribution in [0.15, 0.2) is 12.1 Å². The van der Waals surface area contributed by atoms with Gasteiger partial charge in [-0.25, -0.2) is 4.39 Å². The van der Waals surface area contributed by atoms with Crippen molar-refractivity contribution in [3.63, 3.8) is 0 Å². The Bertz CT molecular complexity index is 435. The number of piperidine rings is 1. The number of hydrogen-bond acceptors (Lipinski definition) is 2. The third-order valence-electron chi connectivity index (χ3n) is 3.79. The van der Waals surface area contributed by atoms with Gasteiger partial charge in [0.2, 0.25) is 0 Å². The molecule has 1 aromatic rings. The third kappa shape index (κ3) is 1.46. The van der Waals surface area contributed by atoms with Crippen molar-refractivity contribution in [2.45, 2.75) is 25.3 Å². The van der Waals surface area contributed by atoms with E-state index in [1.165, 1.54) is 31.4 Å². The number of rotatable bonds is 1. The molecule has 2 atom stereocenters. The molecule has 2 N–H and O–H groups in total. The van der Waals surface area contributed by atoms with Crippen molar-refractivity contribution in [3.8, 4) is 0 Å². The van der Waals surface area contributed by atoms with Gasteiger partial charge < -0.3 is 10.6 Å². The Kier molecular flexibility index (Phi) is 2.25. The molecule has 3 rings (SSSR count). The van der Waals surface area contributed by atoms with Gasteiger partial charge in [0.05, 0.1) is 16.4 Å². The van der Waals surface area contributed by atoms with Crippen LogP contribution in [-0.4, -0.2) is 12.6 Å². The van der Waals surface area contributed by atoms with Gasteiger partial charge in [-0.3, -0.25) is 0 Å². The van der Waals surface area contributed by atoms with Crippen molar-refractivity contribution >= 4 is 23.0 Å². The van der Waals surface area contributed by atoms with Crippen LogP contribution in [0.25, 0.3) is 0 Å². The Morgan fingerprint density at radius 1 is 1.38 bits per heavy atom. The van der Waals surface area contributed by atoms with E-state index >= 15 is 0 Å². The van der Waals surface area contributed by atoms with Crippen LogP contribution in [0.4, 0.5) is 15.8 Å². The van der Waals surface area contributed by atoms with Gasteiger partial charge in [0.15, 0.2) is 0 Å². The van der Waals surface area contributed by atoms with Crippen LogP contribution in [0.3, 0.4) is 0 Å². The standard InChI is InChI=1S/C12H14ClFN2/c13-9-4-11(15)12(5-10(9)14)16-6-7-1-2-8(16)3-7/h4-5,7-8H,1-3,6,15H2. The molecule has 16 heavy (non-hydrogen) atoms. The van der Waals surface area contributed by atoms with Gasteiger partial charge in [-0.15, -0.1) is 0 Å². The number of benzene rings is 1. The van der Waals surface area contributed by atoms with Gasteiger partial charge in [0.25, 0.3) is 0 Å². The molecule has 2 unspecified atom stereocenters. The van der Waals surface area contributed by atoms with Crippen LogP contribution < -0.4 is 10.6 Å². The monoisotopic (exact) mass is 240 g/mol. The highest BCUT2D eigenvalue weighted by Gasteiger charge is 2.38. The lowest BCUT2D eigenvalue weighted by Gasteiger charge is -2.30. The van der Waals surface area contributed by atoms with Gasteiger partial charge >= 0.3 is 0 Å². The summed E-state index contributed by atoms with van der Waals surface area (Å²) in [5, 5.41) is 0.102. The summed E-state index contributed by atoms with van der Waals surface area (Å²) in [5.74, 6) is 0.386. The zero-order valence-electron chi connectivity index (χ0n) is 8.92. The minimum atomic E-state index is -0.381. The molecule has 0 spiro atoms. The number of halogens is 2. The highest BCUT2D eigenvalue weighted by atomic mass is 35.5. The first-order valence-electron chi connectivity index (χ1n) is 5.66. The highest BCUT2D eigenvalue weighted by Crippen LogP contribution is 2.42. The van der Waals surface area contributed by atoms with E-state index in [1.807, 2.05) is 0 Å². The molecule has 4 heteroatoms. The summed E-state index contributed by atoms with van der Waals surface area (Å²) in [4.78, 5) is 2.24. The number of nitrogens with two attached hydrogens (primary N) is 1. The largest absolute Gasteiger partial charge is 0.397 e. The lowest BCUT2D eigenvalue weighted by Crippen LogP contribution is -2.32. The fourth-order valence-corrected chi connectivity index (χ4v) is 3.19. The molecular formula is C12H14ClFN2. The van der Waals surface area contributed by atoms with Crippen molar-refractivity contribution in [2.24, 2.45) is 5.92 Å². The summed E-state index contributed by atoms with van der Waals surface area (Å²) in [7, 11) is 0. The number of anilines is 2. The van der Waals surface area contributed by atoms with E-state index in [-0.39, 0.29) is 10.8 Å². The maximum atomic E-state index is 13.4. The Balaban J connectivity index is 1.98. The molecule has 86 valence electrons. The van der Waals surface area contributed by atoms with Crippen LogP contribution >= 0.6 is 11.6 Å². The molecule has 0 aromatic heterocycles. The van der Waals surface area contributed by atoms with Crippen LogP contribution in [0.1, 0.15) is 19.3 Å². The quantitative estimate of drug-likeness (QED) is 0.765. The molecule has 1 aliphatic heterocycles. The second kappa shape index (κ2) is 3.52. The number of nitrogens with zero attached hydrogens (tertiary/aromatic N) is 1. The Labute approximate surface area is 99.2 Å². The predicted octanol–water partition coefficient (Wildman–Crippen LogP) is 3.05. The van der Waals surface area contributed by atoms with Crippen molar-refractivity contribution in [1.29, 1.82) is 0 Å². The van der Waals surface area contributed by atoms with Gasteiger partial charge in [-0.1, -0.05) is 11.6 Å². The second-order valence-electron chi connectivity index (χ2n) is 4.81. The first kappa shape index (κ1) is 10.2. The van der Waals surface area contributed by atoms with Crippen LogP contribution in [0.2, 0.25) is 5.02 Å². The molecule has 2 fully saturated rings. The predicted molar refractivity (Wildman–Crippen MR) is 64.3 cm³/mol. The maximum absolute atomic E-state index is 13.4. The minimum Gasteiger partial charge on any atom is -0.397 e. The summed E-state index contributed by atoms with van der Waals surface area (Å²) in [6, 6.07) is 3.53. The SMILES string of the molecule is Nc1cc(Cl)c(F)cc1N1CC2CCC1C2. The molecule has 1 saturated heterocycles. The summed E-state index contributed by atoms with van der Waals surface area (Å²) < 4.78 is 13.4. The fraction of sp³-hybridized carbons (Fsp3) is 0.500. The van der Waals surface area contributed by atoms with Crippen molar-refractivity contribution in [1.82, 2.24) is 0 Å². The third-order valence-corrected chi connectivity index (χ3v) is 4.08. The summed E-state index contributed by atoms with van der Waals surface area (Å²) in [6.45, 7) is 1.01. The zero-order valence-corrected chi connectivity index (χ0v) is 9.67. The molecule has 0 radical (unpaired) electrons. The van der Waals surface area contributed by atoms with E-state index < -0.39 is 0 Å². The van der Waals surface area contributed by atoms with E-state index in [4.69, 9.17) is 17.3 Å². The van der Waals surface area contributed by atoms with Gasteiger partial charge in [-0.05, 0) is 31.2 Å². The maximum Gasteiger partial charge on any atom is 0.144 e. The first-order chi connectivity index (χ1) is 7.65. The van der Waals surface area contributed by atoms with Crippen molar-refractivity contribution in [3.05, 3.63) is 23.0 Å². The molecule has 2 aliphatic rings. The van der Waals surface area contributed by atoms with Crippen molar-refractivity contribution < 1.29 is 4.39 Å². The summed E-state index contributed by atoms with van der Waals surface area (Å²) >= 11 is 5.70. The van der Waals surface area contributed by atoms with E-state index in [0.29, 0.717) is 11.7 Å². The van der Waals surface area contributed by atoms with Gasteiger partial charge in [0, 0.05) is 18.7 Å². The van der Waals surface area contributed by atoms with Crippen LogP contribution in [0, 0.1) is 11.7 Å². The molecule has 2 bridgehead atoms. The lowest BCUT2D eigenvalue weighted by molar-refractivity contribution is 0.552. The van der Waals surface area contributed by atoms with Crippen molar-refractivity contribution in [2.75, 3.05) is 17.2 Å². The number of hydrogen-bond donors (Lipinski definition) is 1. The van der Waals surface area contributed by atoms with E-state index in [0.717, 1.165) is 18.2 Å². The first-order valence-corrected chi connectivity index (χ1v) is 6.04. The fourth-order valence-electron chi connectivity index (χ4n) is 3.02. The molecule has 0 amide bonds. The molecule has 1 aromatic carbocycles. The van der Waals surface area contributed by atoms with E-state index in [1.54, 1.807) is 0 Å². The van der Waals surface area contributed by atoms with Crippen LogP contribution in [0.5, 0.6) is 0 Å². The molecule has 2 nitrogen and oxygen atoms in total.